The molecule has 1 nitrogen and oxygen atoms in total. The Morgan fingerprint density at radius 1 is 0.938 bits per heavy atom. The maximum absolute atomic E-state index is 4.63. The van der Waals surface area contributed by atoms with Crippen molar-refractivity contribution in [2.45, 2.75) is 34.6 Å². The molecule has 16 heavy (non-hydrogen) atoms. The standard InChI is InChI=1S/C14H17NS/c1-8-6-7-13(10(3)9(8)2)14-15-11(4)12(5)16-14/h6-7H,1-5H3. The van der Waals surface area contributed by atoms with Crippen molar-refractivity contribution >= 4 is 11.3 Å². The average molecular weight is 231 g/mol. The zero-order chi connectivity index (χ0) is 11.9. The van der Waals surface area contributed by atoms with Crippen LogP contribution in [-0.2, 0) is 0 Å². The van der Waals surface area contributed by atoms with Gasteiger partial charge in [-0.1, -0.05) is 12.1 Å². The number of thiazole rings is 1. The van der Waals surface area contributed by atoms with E-state index in [1.807, 2.05) is 0 Å². The maximum atomic E-state index is 4.63. The lowest BCUT2D eigenvalue weighted by atomic mass is 9.99. The van der Waals surface area contributed by atoms with E-state index in [-0.39, 0.29) is 0 Å². The van der Waals surface area contributed by atoms with Gasteiger partial charge in [0.05, 0.1) is 5.69 Å². The van der Waals surface area contributed by atoms with E-state index in [1.165, 1.54) is 27.1 Å². The van der Waals surface area contributed by atoms with Crippen LogP contribution in [0.25, 0.3) is 10.6 Å². The Kier molecular flexibility index (Phi) is 2.85. The average Bonchev–Trinajstić information content (AvgIpc) is 2.56. The third-order valence-corrected chi connectivity index (χ3v) is 4.42. The number of aryl methyl sites for hydroxylation is 3. The van der Waals surface area contributed by atoms with Gasteiger partial charge in [-0.3, -0.25) is 0 Å². The third-order valence-electron chi connectivity index (χ3n) is 3.32. The smallest absolute Gasteiger partial charge is 0.124 e. The van der Waals surface area contributed by atoms with Gasteiger partial charge in [-0.15, -0.1) is 11.3 Å². The second-order valence-electron chi connectivity index (χ2n) is 4.34. The van der Waals surface area contributed by atoms with Crippen molar-refractivity contribution in [2.24, 2.45) is 0 Å². The second-order valence-corrected chi connectivity index (χ2v) is 5.54. The molecular formula is C14H17NS. The van der Waals surface area contributed by atoms with Crippen LogP contribution in [0.4, 0.5) is 0 Å². The van der Waals surface area contributed by atoms with Crippen molar-refractivity contribution < 1.29 is 0 Å². The highest BCUT2D eigenvalue weighted by molar-refractivity contribution is 7.15. The molecule has 0 amide bonds. The van der Waals surface area contributed by atoms with Gasteiger partial charge < -0.3 is 0 Å². The van der Waals surface area contributed by atoms with Crippen LogP contribution in [0.2, 0.25) is 0 Å². The molecule has 0 aliphatic carbocycles. The predicted molar refractivity (Wildman–Crippen MR) is 71.2 cm³/mol. The molecule has 1 aromatic carbocycles. The highest BCUT2D eigenvalue weighted by Crippen LogP contribution is 2.31. The van der Waals surface area contributed by atoms with Crippen LogP contribution in [0, 0.1) is 34.6 Å². The first-order valence-corrected chi connectivity index (χ1v) is 6.33. The summed E-state index contributed by atoms with van der Waals surface area (Å²) >= 11 is 1.79. The molecule has 0 bridgehead atoms. The lowest BCUT2D eigenvalue weighted by molar-refractivity contribution is 1.21. The molecule has 0 unspecified atom stereocenters. The lowest BCUT2D eigenvalue weighted by Gasteiger charge is -2.08. The number of nitrogens with zero attached hydrogens (tertiary/aromatic N) is 1. The van der Waals surface area contributed by atoms with Gasteiger partial charge in [-0.2, -0.15) is 0 Å². The van der Waals surface area contributed by atoms with E-state index in [2.05, 4.69) is 51.7 Å². The Balaban J connectivity index is 2.61. The molecule has 2 heteroatoms. The molecule has 84 valence electrons. The summed E-state index contributed by atoms with van der Waals surface area (Å²) < 4.78 is 0. The van der Waals surface area contributed by atoms with Gasteiger partial charge in [0.15, 0.2) is 0 Å². The molecular weight excluding hydrogens is 214 g/mol. The van der Waals surface area contributed by atoms with E-state index < -0.39 is 0 Å². The minimum Gasteiger partial charge on any atom is -0.241 e. The van der Waals surface area contributed by atoms with E-state index in [0.717, 1.165) is 10.7 Å². The summed E-state index contributed by atoms with van der Waals surface area (Å²) in [6.07, 6.45) is 0. The minimum absolute atomic E-state index is 1.15. The minimum atomic E-state index is 1.15. The van der Waals surface area contributed by atoms with Crippen LogP contribution in [0.1, 0.15) is 27.3 Å². The Labute approximate surface area is 101 Å². The molecule has 0 N–H and O–H groups in total. The summed E-state index contributed by atoms with van der Waals surface area (Å²) in [6, 6.07) is 4.37. The predicted octanol–water partition coefficient (Wildman–Crippen LogP) is 4.35. The van der Waals surface area contributed by atoms with Gasteiger partial charge in [-0.05, 0) is 51.3 Å². The first kappa shape index (κ1) is 11.3. The van der Waals surface area contributed by atoms with Crippen LogP contribution in [0.15, 0.2) is 12.1 Å². The summed E-state index contributed by atoms with van der Waals surface area (Å²) in [6.45, 7) is 10.7. The monoisotopic (exact) mass is 231 g/mol. The molecule has 1 aromatic heterocycles. The maximum Gasteiger partial charge on any atom is 0.124 e. The van der Waals surface area contributed by atoms with Crippen LogP contribution in [0.5, 0.6) is 0 Å². The van der Waals surface area contributed by atoms with Gasteiger partial charge in [-0.25, -0.2) is 4.98 Å². The normalized spacial score (nSPS) is 10.8. The van der Waals surface area contributed by atoms with Crippen LogP contribution < -0.4 is 0 Å². The fraction of sp³-hybridized carbons (Fsp3) is 0.357. The van der Waals surface area contributed by atoms with E-state index in [0.29, 0.717) is 0 Å². The van der Waals surface area contributed by atoms with Gasteiger partial charge >= 0.3 is 0 Å². The second kappa shape index (κ2) is 4.02. The van der Waals surface area contributed by atoms with Crippen LogP contribution >= 0.6 is 11.3 Å². The summed E-state index contributed by atoms with van der Waals surface area (Å²) in [4.78, 5) is 5.94. The van der Waals surface area contributed by atoms with E-state index in [1.54, 1.807) is 11.3 Å². The molecule has 0 aliphatic rings. The van der Waals surface area contributed by atoms with Gasteiger partial charge in [0.2, 0.25) is 0 Å². The molecule has 0 saturated carbocycles. The van der Waals surface area contributed by atoms with Crippen LogP contribution in [-0.4, -0.2) is 4.98 Å². The molecule has 2 aromatic rings. The van der Waals surface area contributed by atoms with Crippen molar-refractivity contribution in [2.75, 3.05) is 0 Å². The highest BCUT2D eigenvalue weighted by atomic mass is 32.1. The zero-order valence-electron chi connectivity index (χ0n) is 10.5. The first-order valence-electron chi connectivity index (χ1n) is 5.52. The first-order chi connectivity index (χ1) is 7.50. The van der Waals surface area contributed by atoms with Crippen LogP contribution in [0.3, 0.4) is 0 Å². The number of hydrogen-bond acceptors (Lipinski definition) is 2. The fourth-order valence-electron chi connectivity index (χ4n) is 1.78. The number of rotatable bonds is 1. The largest absolute Gasteiger partial charge is 0.241 e. The molecule has 0 aliphatic heterocycles. The Morgan fingerprint density at radius 3 is 2.19 bits per heavy atom. The molecule has 1 heterocycles. The number of benzene rings is 1. The molecule has 0 saturated heterocycles. The van der Waals surface area contributed by atoms with Crippen molar-refractivity contribution in [3.8, 4) is 10.6 Å². The number of aromatic nitrogens is 1. The fourth-order valence-corrected chi connectivity index (χ4v) is 2.77. The Morgan fingerprint density at radius 2 is 1.62 bits per heavy atom. The lowest BCUT2D eigenvalue weighted by Crippen LogP contribution is -1.90. The molecule has 0 fully saturated rings. The summed E-state index contributed by atoms with van der Waals surface area (Å²) in [5.41, 5.74) is 6.52. The summed E-state index contributed by atoms with van der Waals surface area (Å²) in [7, 11) is 0. The quantitative estimate of drug-likeness (QED) is 0.711. The topological polar surface area (TPSA) is 12.9 Å². The Bertz CT molecular complexity index is 518. The van der Waals surface area contributed by atoms with Gasteiger partial charge in [0, 0.05) is 10.4 Å². The SMILES string of the molecule is Cc1ccc(-c2nc(C)c(C)s2)c(C)c1C. The van der Waals surface area contributed by atoms with Crippen molar-refractivity contribution in [1.82, 2.24) is 4.98 Å². The van der Waals surface area contributed by atoms with Gasteiger partial charge in [0.1, 0.15) is 5.01 Å². The molecule has 0 spiro atoms. The zero-order valence-corrected chi connectivity index (χ0v) is 11.3. The number of hydrogen-bond donors (Lipinski definition) is 0. The van der Waals surface area contributed by atoms with E-state index in [9.17, 15) is 0 Å². The van der Waals surface area contributed by atoms with Crippen molar-refractivity contribution in [3.05, 3.63) is 39.4 Å². The molecule has 0 atom stereocenters. The molecule has 0 radical (unpaired) electrons. The Hall–Kier alpha value is -1.15. The third kappa shape index (κ3) is 1.78. The van der Waals surface area contributed by atoms with E-state index in [4.69, 9.17) is 0 Å². The van der Waals surface area contributed by atoms with Crippen molar-refractivity contribution in [1.29, 1.82) is 0 Å². The van der Waals surface area contributed by atoms with E-state index >= 15 is 0 Å². The summed E-state index contributed by atoms with van der Waals surface area (Å²) in [5, 5.41) is 1.15. The van der Waals surface area contributed by atoms with Gasteiger partial charge in [0.25, 0.3) is 0 Å². The van der Waals surface area contributed by atoms with Crippen molar-refractivity contribution in [3.63, 3.8) is 0 Å². The highest BCUT2D eigenvalue weighted by Gasteiger charge is 2.10. The summed E-state index contributed by atoms with van der Waals surface area (Å²) in [5.74, 6) is 0. The molecule has 2 rings (SSSR count).